The Bertz CT molecular complexity index is 7320. The fourth-order valence-corrected chi connectivity index (χ4v) is 17.6. The molecule has 0 saturated heterocycles. The number of para-hydroxylation sites is 3. The van der Waals surface area contributed by atoms with E-state index in [2.05, 4.69) is 120 Å². The summed E-state index contributed by atoms with van der Waals surface area (Å²) in [4.78, 5) is 81.2. The molecule has 10 aromatic carbocycles. The van der Waals surface area contributed by atoms with Crippen molar-refractivity contribution in [3.8, 4) is 96.9 Å². The zero-order valence-corrected chi connectivity index (χ0v) is 76.9. The van der Waals surface area contributed by atoms with E-state index in [0.717, 1.165) is 140 Å². The molecule has 33 heteroatoms. The highest BCUT2D eigenvalue weighted by Crippen LogP contribution is 2.34. The van der Waals surface area contributed by atoms with Gasteiger partial charge in [-0.25, -0.2) is 19.8 Å². The number of alkyl halides is 3. The molecule has 20 aromatic rings. The van der Waals surface area contributed by atoms with Crippen LogP contribution in [0.1, 0.15) is 33.4 Å². The topological polar surface area (TPSA) is 277 Å². The number of nitro groups is 1. The van der Waals surface area contributed by atoms with Gasteiger partial charge in [0.15, 0.2) is 29.1 Å². The number of methoxy groups -OCH3 is 2. The molecule has 674 valence electrons. The molecule has 0 spiro atoms. The van der Waals surface area contributed by atoms with Crippen LogP contribution in [0.2, 0.25) is 0 Å². The van der Waals surface area contributed by atoms with Crippen molar-refractivity contribution in [2.75, 3.05) is 14.2 Å². The second kappa shape index (κ2) is 46.6. The Balaban J connectivity index is 0.000000123. The quantitative estimate of drug-likeness (QED) is 0.0425. The fraction of sp³-hybridized carbons (Fsp3) is 0.0777. The van der Waals surface area contributed by atoms with Gasteiger partial charge in [0, 0.05) is 102 Å². The number of aromatic nitrogens is 15. The van der Waals surface area contributed by atoms with Crippen molar-refractivity contribution in [1.29, 1.82) is 0 Å². The van der Waals surface area contributed by atoms with Crippen molar-refractivity contribution in [1.82, 2.24) is 69.6 Å². The van der Waals surface area contributed by atoms with E-state index in [1.165, 1.54) is 70.4 Å². The first kappa shape index (κ1) is 92.8. The predicted molar refractivity (Wildman–Crippen MR) is 527 cm³/mol. The highest BCUT2D eigenvalue weighted by Gasteiger charge is 2.30. The van der Waals surface area contributed by atoms with Crippen LogP contribution >= 0.6 is 57.7 Å². The van der Waals surface area contributed by atoms with E-state index in [-0.39, 0.29) is 5.69 Å². The number of hydrogen-bond acceptors (Lipinski definition) is 24. The highest BCUT2D eigenvalue weighted by molar-refractivity contribution is 7.05. The standard InChI is InChI=1S/C21H15F3N4S.2C21H18N4OS.C20H15N5O2S.C20H16N4S/c22-21(23,24)17-10-8-16(9-11-17)19-27-20(26-14-15-5-4-12-25-13-15)29-28(19)18-6-2-1-3-7-18;1-26-19-11-9-17(10-12-19)20-24-21(23-15-16-6-5-13-22-14-16)27-25(20)18-7-3-2-4-8-18;1-26-19-11-9-18(10-12-19)25-20(17-7-3-2-4-8-17)24-21(27-25)23-15-16-6-5-13-22-14-16;26-25(27)18-10-8-17(9-11-18)24-19(16-6-2-1-3-7-16)23-20(28-24)22-14-15-5-4-12-21-13-15;1-3-9-17(10-4-1)19-23-20(22-15-16-8-7-13-21-14-16)25-24(19)18-11-5-2-6-12-18/h1-13H,14H2;2*2-14H,15H2,1H3;1-13H,14H2;1-14H,15H2. The van der Waals surface area contributed by atoms with Crippen LogP contribution in [0, 0.1) is 10.1 Å². The molecule has 0 fully saturated rings. The molecule has 0 unspecified atom stereocenters. The number of halogens is 3. The van der Waals surface area contributed by atoms with Gasteiger partial charge in [-0.15, -0.1) is 0 Å². The third kappa shape index (κ3) is 25.4. The Hall–Kier alpha value is -16.5. The molecule has 0 aliphatic heterocycles. The minimum absolute atomic E-state index is 0.0524. The van der Waals surface area contributed by atoms with Gasteiger partial charge in [0.2, 0.25) is 24.0 Å². The summed E-state index contributed by atoms with van der Waals surface area (Å²) in [6, 6.07) is 107. The summed E-state index contributed by atoms with van der Waals surface area (Å²) in [6.45, 7) is 2.58. The van der Waals surface area contributed by atoms with Gasteiger partial charge in [0.25, 0.3) is 5.69 Å². The summed E-state index contributed by atoms with van der Waals surface area (Å²) < 4.78 is 59.3. The first-order valence-electron chi connectivity index (χ1n) is 42.3. The Morgan fingerprint density at radius 3 is 0.735 bits per heavy atom. The number of hydrogen-bond donors (Lipinski definition) is 0. The highest BCUT2D eigenvalue weighted by atomic mass is 32.1. The molecule has 0 bridgehead atoms. The van der Waals surface area contributed by atoms with Crippen LogP contribution in [0.15, 0.2) is 427 Å². The minimum Gasteiger partial charge on any atom is -0.497 e. The molecule has 0 radical (unpaired) electrons. The zero-order valence-electron chi connectivity index (χ0n) is 72.8. The maximum absolute atomic E-state index is 12.9. The van der Waals surface area contributed by atoms with Crippen molar-refractivity contribution >= 4 is 63.3 Å². The lowest BCUT2D eigenvalue weighted by molar-refractivity contribution is -0.384. The fourth-order valence-electron chi connectivity index (χ4n) is 13.2. The second-order valence-corrected chi connectivity index (χ2v) is 33.8. The number of ether oxygens (including phenoxy) is 2. The van der Waals surface area contributed by atoms with Crippen molar-refractivity contribution in [3.05, 3.63) is 469 Å². The number of benzene rings is 10. The third-order valence-electron chi connectivity index (χ3n) is 19.9. The van der Waals surface area contributed by atoms with E-state index in [0.29, 0.717) is 53.7 Å². The number of rotatable bonds is 23. The molecular weight excluding hydrogens is 1810 g/mol. The minimum atomic E-state index is -4.37. The summed E-state index contributed by atoms with van der Waals surface area (Å²) in [5.74, 6) is 5.56. The summed E-state index contributed by atoms with van der Waals surface area (Å²) in [5, 5.41) is 10.9. The zero-order chi connectivity index (χ0) is 93.5. The molecule has 10 heterocycles. The molecule has 0 aliphatic rings. The summed E-state index contributed by atoms with van der Waals surface area (Å²) in [7, 11) is 3.33. The molecule has 0 aliphatic carbocycles. The van der Waals surface area contributed by atoms with Gasteiger partial charge >= 0.3 is 6.18 Å². The lowest BCUT2D eigenvalue weighted by Gasteiger charge is -2.09. The largest absolute Gasteiger partial charge is 0.497 e. The average Bonchev–Trinajstić information content (AvgIpc) is 1.70. The lowest BCUT2D eigenvalue weighted by Crippen LogP contribution is -2.04. The van der Waals surface area contributed by atoms with Crippen LogP contribution in [0.25, 0.3) is 85.4 Å². The smallest absolute Gasteiger partial charge is 0.416 e. The van der Waals surface area contributed by atoms with E-state index in [1.807, 2.05) is 269 Å². The van der Waals surface area contributed by atoms with Gasteiger partial charge in [-0.2, -0.15) is 38.1 Å². The van der Waals surface area contributed by atoms with Gasteiger partial charge in [-0.05, 0) is 225 Å². The lowest BCUT2D eigenvalue weighted by atomic mass is 10.1. The molecule has 20 rings (SSSR count). The van der Waals surface area contributed by atoms with Gasteiger partial charge in [-0.3, -0.25) is 60.0 Å². The second-order valence-electron chi connectivity index (χ2n) is 29.3. The number of non-ortho nitro benzene ring substituents is 1. The van der Waals surface area contributed by atoms with E-state index >= 15 is 0 Å². The Kier molecular flexibility index (Phi) is 31.8. The molecule has 0 saturated carbocycles. The molecule has 0 N–H and O–H groups in total. The van der Waals surface area contributed by atoms with E-state index in [4.69, 9.17) is 24.4 Å². The average molecular weight is 1900 g/mol. The maximum atomic E-state index is 12.9. The molecule has 0 atom stereocenters. The number of nitrogens with zero attached hydrogens (tertiary/aromatic N) is 21. The monoisotopic (exact) mass is 1890 g/mol. The van der Waals surface area contributed by atoms with E-state index in [9.17, 15) is 23.3 Å². The first-order chi connectivity index (χ1) is 66.8. The Morgan fingerprint density at radius 1 is 0.287 bits per heavy atom. The number of pyridine rings is 5. The van der Waals surface area contributed by atoms with Crippen LogP contribution in [-0.2, 0) is 38.9 Å². The predicted octanol–water partition coefficient (Wildman–Crippen LogP) is 21.4. The van der Waals surface area contributed by atoms with Crippen molar-refractivity contribution in [3.63, 3.8) is 0 Å². The first-order valence-corrected chi connectivity index (χ1v) is 46.2. The van der Waals surface area contributed by atoms with Crippen LogP contribution in [0.3, 0.4) is 0 Å². The SMILES string of the molecule is COc1ccc(-c2nc(=NCc3cccnc3)sn2-c2ccccc2)cc1.COc1ccc(-n2sc(=NCc3cccnc3)nc2-c2ccccc2)cc1.FC(F)(F)c1ccc(-c2nc(=NCc3cccnc3)sn2-c2ccccc2)cc1.O=[N+]([O-])c1ccc(-n2sc(=NCc3cccnc3)nc2-c2ccccc2)cc1.c1ccc(-c2nc(=NCc3cccnc3)sn2-c2ccccc2)cc1. The number of nitro benzene ring substituents is 1. The Labute approximate surface area is 799 Å². The third-order valence-corrected chi connectivity index (χ3v) is 24.7. The summed E-state index contributed by atoms with van der Waals surface area (Å²) in [6.07, 6.45) is 13.3. The molecular formula is C103H82F3N21O4S5. The van der Waals surface area contributed by atoms with Crippen molar-refractivity contribution < 1.29 is 27.6 Å². The van der Waals surface area contributed by atoms with Gasteiger partial charge in [0.05, 0.1) is 85.9 Å². The molecule has 10 aromatic heterocycles. The van der Waals surface area contributed by atoms with Gasteiger partial charge < -0.3 is 9.47 Å². The van der Waals surface area contributed by atoms with Crippen LogP contribution in [0.5, 0.6) is 11.5 Å². The normalized spacial score (nSPS) is 11.7. The molecule has 136 heavy (non-hydrogen) atoms. The van der Waals surface area contributed by atoms with Crippen LogP contribution in [-0.4, -0.2) is 88.8 Å². The van der Waals surface area contributed by atoms with Gasteiger partial charge in [0.1, 0.15) is 11.5 Å². The molecule has 0 amide bonds. The van der Waals surface area contributed by atoms with Crippen molar-refractivity contribution in [2.24, 2.45) is 25.0 Å². The summed E-state index contributed by atoms with van der Waals surface area (Å²) in [5.41, 5.74) is 14.0. The van der Waals surface area contributed by atoms with Gasteiger partial charge in [-0.1, -0.05) is 188 Å². The van der Waals surface area contributed by atoms with E-state index < -0.39 is 16.7 Å². The summed E-state index contributed by atoms with van der Waals surface area (Å²) >= 11 is 7.31. The Morgan fingerprint density at radius 2 is 0.507 bits per heavy atom. The van der Waals surface area contributed by atoms with Crippen LogP contribution in [0.4, 0.5) is 18.9 Å². The van der Waals surface area contributed by atoms with E-state index in [1.54, 1.807) is 81.3 Å². The van der Waals surface area contributed by atoms with Crippen molar-refractivity contribution in [2.45, 2.75) is 38.9 Å². The van der Waals surface area contributed by atoms with Crippen LogP contribution < -0.4 is 33.5 Å². The molecule has 25 nitrogen and oxygen atoms in total. The maximum Gasteiger partial charge on any atom is 0.416 e.